The molecule has 0 radical (unpaired) electrons. The number of amides is 1. The number of rotatable bonds is 4. The normalized spacial score (nSPS) is 16.2. The molecule has 0 aromatic heterocycles. The third-order valence-electron chi connectivity index (χ3n) is 4.63. The summed E-state index contributed by atoms with van der Waals surface area (Å²) in [6.07, 6.45) is 0.0233. The number of nitrogens with zero attached hydrogens (tertiary/aromatic N) is 2. The number of hydrogen-bond donors (Lipinski definition) is 1. The molecule has 3 rings (SSSR count). The molecule has 0 bridgehead atoms. The minimum atomic E-state index is -0.835. The molecule has 2 aromatic rings. The fraction of sp³-hybridized carbons (Fsp3) is 0.250. The van der Waals surface area contributed by atoms with Gasteiger partial charge in [0.2, 0.25) is 5.91 Å². The molecule has 1 atom stereocenters. The molecule has 2 aromatic carbocycles. The molecule has 0 saturated carbocycles. The lowest BCUT2D eigenvalue weighted by atomic mass is 10.1. The Labute approximate surface area is 156 Å². The topological polar surface area (TPSA) is 85.0 Å². The van der Waals surface area contributed by atoms with Crippen LogP contribution in [-0.2, 0) is 9.59 Å². The van der Waals surface area contributed by atoms with E-state index >= 15 is 0 Å². The van der Waals surface area contributed by atoms with Gasteiger partial charge >= 0.3 is 5.97 Å². The Morgan fingerprint density at radius 1 is 1.11 bits per heavy atom. The highest BCUT2D eigenvalue weighted by Gasteiger charge is 2.36. The smallest absolute Gasteiger partial charge is 0.360 e. The summed E-state index contributed by atoms with van der Waals surface area (Å²) in [4.78, 5) is 24.5. The number of ether oxygens (including phenoxy) is 1. The van der Waals surface area contributed by atoms with Crippen LogP contribution in [0.1, 0.15) is 23.1 Å². The van der Waals surface area contributed by atoms with Crippen LogP contribution in [0, 0.1) is 26.6 Å². The molecule has 0 aliphatic carbocycles. The van der Waals surface area contributed by atoms with E-state index < -0.39 is 23.7 Å². The van der Waals surface area contributed by atoms with Crippen molar-refractivity contribution < 1.29 is 18.7 Å². The second kappa shape index (κ2) is 7.19. The van der Waals surface area contributed by atoms with E-state index in [2.05, 4.69) is 5.10 Å². The predicted octanol–water partition coefficient (Wildman–Crippen LogP) is 2.78. The van der Waals surface area contributed by atoms with Crippen LogP contribution >= 0.6 is 0 Å². The molecule has 0 saturated heterocycles. The number of primary amides is 1. The van der Waals surface area contributed by atoms with Gasteiger partial charge in [-0.25, -0.2) is 9.18 Å². The summed E-state index contributed by atoms with van der Waals surface area (Å²) in [7, 11) is 0. The summed E-state index contributed by atoms with van der Waals surface area (Å²) in [5.41, 5.74) is 8.70. The van der Waals surface area contributed by atoms with Crippen LogP contribution in [0.25, 0.3) is 0 Å². The first-order valence-electron chi connectivity index (χ1n) is 8.48. The maximum atomic E-state index is 13.2. The third-order valence-corrected chi connectivity index (χ3v) is 4.63. The van der Waals surface area contributed by atoms with Gasteiger partial charge in [0.1, 0.15) is 23.3 Å². The maximum absolute atomic E-state index is 13.2. The summed E-state index contributed by atoms with van der Waals surface area (Å²) in [5.74, 6) is -1.20. The molecule has 1 aliphatic rings. The van der Waals surface area contributed by atoms with Crippen molar-refractivity contribution in [3.8, 4) is 5.75 Å². The molecule has 1 amide bonds. The molecule has 0 spiro atoms. The molecule has 2 N–H and O–H groups in total. The monoisotopic (exact) mass is 369 g/mol. The van der Waals surface area contributed by atoms with Crippen LogP contribution in [0.15, 0.2) is 41.5 Å². The fourth-order valence-electron chi connectivity index (χ4n) is 2.92. The van der Waals surface area contributed by atoms with Gasteiger partial charge in [-0.2, -0.15) is 5.10 Å². The van der Waals surface area contributed by atoms with E-state index in [1.807, 2.05) is 32.9 Å². The molecular formula is C20H20FN3O3. The molecule has 27 heavy (non-hydrogen) atoms. The number of carbonyl (C=O) groups is 2. The van der Waals surface area contributed by atoms with Crippen molar-refractivity contribution >= 4 is 23.3 Å². The number of halogens is 1. The van der Waals surface area contributed by atoms with Crippen molar-refractivity contribution in [1.82, 2.24) is 0 Å². The second-order valence-electron chi connectivity index (χ2n) is 6.53. The van der Waals surface area contributed by atoms with Gasteiger partial charge in [-0.3, -0.25) is 9.80 Å². The van der Waals surface area contributed by atoms with E-state index in [0.29, 0.717) is 11.4 Å². The average Bonchev–Trinajstić information content (AvgIpc) is 3.08. The van der Waals surface area contributed by atoms with Crippen LogP contribution < -0.4 is 15.5 Å². The SMILES string of the molecule is Cc1ccc(C)c(OC(=O)C2=NN(c3ccc(F)cc3)C(C(N)=O)C2)c1C. The number of nitrogens with two attached hydrogens (primary N) is 1. The minimum Gasteiger partial charge on any atom is -0.421 e. The molecule has 0 fully saturated rings. The Morgan fingerprint density at radius 3 is 2.37 bits per heavy atom. The highest BCUT2D eigenvalue weighted by molar-refractivity contribution is 6.38. The van der Waals surface area contributed by atoms with Crippen LogP contribution in [-0.4, -0.2) is 23.6 Å². The Balaban J connectivity index is 1.89. The van der Waals surface area contributed by atoms with Crippen LogP contribution in [0.4, 0.5) is 10.1 Å². The quantitative estimate of drug-likeness (QED) is 0.663. The first kappa shape index (κ1) is 18.6. The van der Waals surface area contributed by atoms with E-state index in [-0.39, 0.29) is 12.1 Å². The Bertz CT molecular complexity index is 938. The fourth-order valence-corrected chi connectivity index (χ4v) is 2.92. The maximum Gasteiger partial charge on any atom is 0.360 e. The third kappa shape index (κ3) is 3.67. The zero-order valence-electron chi connectivity index (χ0n) is 15.3. The van der Waals surface area contributed by atoms with Crippen molar-refractivity contribution in [3.63, 3.8) is 0 Å². The van der Waals surface area contributed by atoms with Crippen molar-refractivity contribution in [3.05, 3.63) is 58.9 Å². The van der Waals surface area contributed by atoms with E-state index in [0.717, 1.165) is 16.7 Å². The van der Waals surface area contributed by atoms with Gasteiger partial charge in [0.15, 0.2) is 0 Å². The Morgan fingerprint density at radius 2 is 1.74 bits per heavy atom. The van der Waals surface area contributed by atoms with Gasteiger partial charge in [-0.1, -0.05) is 12.1 Å². The first-order valence-corrected chi connectivity index (χ1v) is 8.48. The van der Waals surface area contributed by atoms with Crippen molar-refractivity contribution in [2.45, 2.75) is 33.2 Å². The molecule has 7 heteroatoms. The molecular weight excluding hydrogens is 349 g/mol. The van der Waals surface area contributed by atoms with Crippen molar-refractivity contribution in [2.75, 3.05) is 5.01 Å². The van der Waals surface area contributed by atoms with Crippen molar-refractivity contribution in [2.24, 2.45) is 10.8 Å². The summed E-state index contributed by atoms with van der Waals surface area (Å²) < 4.78 is 18.7. The van der Waals surface area contributed by atoms with Gasteiger partial charge in [0.25, 0.3) is 0 Å². The van der Waals surface area contributed by atoms with Gasteiger partial charge in [-0.05, 0) is 61.7 Å². The Hall–Kier alpha value is -3.22. The molecule has 1 unspecified atom stereocenters. The number of benzene rings is 2. The molecule has 140 valence electrons. The lowest BCUT2D eigenvalue weighted by Gasteiger charge is -2.20. The summed E-state index contributed by atoms with van der Waals surface area (Å²) in [6.45, 7) is 5.65. The molecule has 6 nitrogen and oxygen atoms in total. The summed E-state index contributed by atoms with van der Waals surface area (Å²) in [6, 6.07) is 8.43. The number of esters is 1. The largest absolute Gasteiger partial charge is 0.421 e. The minimum absolute atomic E-state index is 0.0233. The zero-order chi connectivity index (χ0) is 19.7. The van der Waals surface area contributed by atoms with Crippen LogP contribution in [0.5, 0.6) is 5.75 Å². The van der Waals surface area contributed by atoms with Crippen LogP contribution in [0.3, 0.4) is 0 Å². The van der Waals surface area contributed by atoms with Crippen LogP contribution in [0.2, 0.25) is 0 Å². The molecule has 1 heterocycles. The highest BCUT2D eigenvalue weighted by Crippen LogP contribution is 2.28. The lowest BCUT2D eigenvalue weighted by Crippen LogP contribution is -2.39. The van der Waals surface area contributed by atoms with E-state index in [1.165, 1.54) is 29.3 Å². The Kier molecular flexibility index (Phi) is 4.94. The predicted molar refractivity (Wildman–Crippen MR) is 100 cm³/mol. The van der Waals surface area contributed by atoms with E-state index in [9.17, 15) is 14.0 Å². The van der Waals surface area contributed by atoms with E-state index in [1.54, 1.807) is 0 Å². The molecule has 1 aliphatic heterocycles. The first-order chi connectivity index (χ1) is 12.8. The standard InChI is InChI=1S/C20H20FN3O3/c1-11-4-5-12(2)18(13(11)3)27-20(26)16-10-17(19(22)25)24(23-16)15-8-6-14(21)7-9-15/h4-9,17H,10H2,1-3H3,(H2,22,25). The van der Waals surface area contributed by atoms with Gasteiger partial charge in [0, 0.05) is 6.42 Å². The summed E-state index contributed by atoms with van der Waals surface area (Å²) >= 11 is 0. The van der Waals surface area contributed by atoms with Gasteiger partial charge in [0.05, 0.1) is 5.69 Å². The van der Waals surface area contributed by atoms with Gasteiger partial charge in [-0.15, -0.1) is 0 Å². The van der Waals surface area contributed by atoms with Crippen molar-refractivity contribution in [1.29, 1.82) is 0 Å². The number of hydrogen-bond acceptors (Lipinski definition) is 5. The number of aryl methyl sites for hydroxylation is 2. The lowest BCUT2D eigenvalue weighted by molar-refractivity contribution is -0.127. The number of carbonyl (C=O) groups excluding carboxylic acids is 2. The number of anilines is 1. The highest BCUT2D eigenvalue weighted by atomic mass is 19.1. The van der Waals surface area contributed by atoms with E-state index in [4.69, 9.17) is 10.5 Å². The zero-order valence-corrected chi connectivity index (χ0v) is 15.3. The second-order valence-corrected chi connectivity index (χ2v) is 6.53. The number of hydrazone groups is 1. The van der Waals surface area contributed by atoms with Gasteiger partial charge < -0.3 is 10.5 Å². The average molecular weight is 369 g/mol. The summed E-state index contributed by atoms with van der Waals surface area (Å²) in [5, 5.41) is 5.55.